The Bertz CT molecular complexity index is 741. The molecule has 0 N–H and O–H groups in total. The normalized spacial score (nSPS) is 36.2. The first-order valence-corrected chi connectivity index (χ1v) is 23.8. The fourth-order valence-electron chi connectivity index (χ4n) is 6.29. The summed E-state index contributed by atoms with van der Waals surface area (Å²) in [5, 5.41) is 1.79. The summed E-state index contributed by atoms with van der Waals surface area (Å²) in [5.41, 5.74) is 5.05. The van der Waals surface area contributed by atoms with E-state index in [0.29, 0.717) is 11.8 Å². The predicted octanol–water partition coefficient (Wildman–Crippen LogP) is 7.89. The molecule has 0 aliphatic heterocycles. The summed E-state index contributed by atoms with van der Waals surface area (Å²) in [7, 11) is 13.9. The van der Waals surface area contributed by atoms with Gasteiger partial charge >= 0.3 is 184 Å². The van der Waals surface area contributed by atoms with Gasteiger partial charge in [-0.05, 0) is 0 Å². The molecule has 4 unspecified atom stereocenters. The average Bonchev–Trinajstić information content (AvgIpc) is 3.14. The molecule has 0 aromatic carbocycles. The Labute approximate surface area is 183 Å². The van der Waals surface area contributed by atoms with Crippen LogP contribution in [0.4, 0.5) is 0 Å². The van der Waals surface area contributed by atoms with E-state index in [9.17, 15) is 0 Å². The number of allylic oxidation sites excluding steroid dienone is 6. The van der Waals surface area contributed by atoms with Crippen LogP contribution in [0.25, 0.3) is 0 Å². The molecule has 0 heterocycles. The van der Waals surface area contributed by atoms with E-state index in [4.69, 9.17) is 17.2 Å². The molecule has 0 radical (unpaired) electrons. The molecule has 0 bridgehead atoms. The first kappa shape index (κ1) is 22.4. The second-order valence-electron chi connectivity index (χ2n) is 9.62. The Hall–Kier alpha value is 0.757. The summed E-state index contributed by atoms with van der Waals surface area (Å²) in [4.78, 5) is 0. The molecule has 0 saturated heterocycles. The van der Waals surface area contributed by atoms with Crippen molar-refractivity contribution in [2.24, 2.45) is 23.2 Å². The van der Waals surface area contributed by atoms with E-state index in [1.54, 1.807) is 21.9 Å². The first-order chi connectivity index (χ1) is 12.6. The van der Waals surface area contributed by atoms with Gasteiger partial charge in [-0.25, -0.2) is 0 Å². The van der Waals surface area contributed by atoms with E-state index in [-0.39, 0.29) is 8.59 Å². The Morgan fingerprint density at radius 1 is 1.22 bits per heavy atom. The molecule has 4 atom stereocenters. The van der Waals surface area contributed by atoms with Crippen LogP contribution in [0, 0.1) is 23.2 Å². The standard InChI is InChI=1S/C23H35Si.2ClH.Hf/c1-15(2)23(5)21(18-12-8-9-13-18)19-14-10-11-16(3)17(4)20(19)22(23)24(6)7;;;/h8-9,12,15-17H,10-11,13-14H2,1-7H3;2*1H;/q;;;+2/p-2. The van der Waals surface area contributed by atoms with Crippen LogP contribution < -0.4 is 0 Å². The molecule has 3 aliphatic carbocycles. The molecule has 0 spiro atoms. The van der Waals surface area contributed by atoms with Crippen LogP contribution in [0.3, 0.4) is 0 Å². The van der Waals surface area contributed by atoms with Gasteiger partial charge in [-0.15, -0.1) is 0 Å². The minimum atomic E-state index is -2.94. The van der Waals surface area contributed by atoms with Crippen molar-refractivity contribution in [2.45, 2.75) is 76.6 Å². The number of hydrogen-bond donors (Lipinski definition) is 0. The van der Waals surface area contributed by atoms with Crippen molar-refractivity contribution in [3.05, 3.63) is 34.9 Å². The Morgan fingerprint density at radius 2 is 1.89 bits per heavy atom. The van der Waals surface area contributed by atoms with Crippen LogP contribution in [-0.4, -0.2) is 13.6 Å². The van der Waals surface area contributed by atoms with E-state index in [0.717, 1.165) is 12.3 Å². The van der Waals surface area contributed by atoms with Crippen LogP contribution in [-0.2, 0) is 19.1 Å². The summed E-state index contributed by atoms with van der Waals surface area (Å²) < 4.78 is -0.0383. The van der Waals surface area contributed by atoms with Gasteiger partial charge in [0.2, 0.25) is 0 Å². The third-order valence-electron chi connectivity index (χ3n) is 7.93. The van der Waals surface area contributed by atoms with Gasteiger partial charge in [0.1, 0.15) is 0 Å². The number of rotatable bonds is 3. The van der Waals surface area contributed by atoms with E-state index >= 15 is 0 Å². The summed E-state index contributed by atoms with van der Waals surface area (Å²) in [6.45, 7) is 17.3. The van der Waals surface area contributed by atoms with Crippen molar-refractivity contribution in [1.82, 2.24) is 0 Å². The van der Waals surface area contributed by atoms with E-state index in [1.165, 1.54) is 19.3 Å². The Kier molecular flexibility index (Phi) is 6.75. The van der Waals surface area contributed by atoms with Gasteiger partial charge in [0.25, 0.3) is 0 Å². The van der Waals surface area contributed by atoms with E-state index in [2.05, 4.69) is 65.9 Å². The molecule has 0 saturated carbocycles. The van der Waals surface area contributed by atoms with Crippen molar-refractivity contribution < 1.29 is 19.1 Å². The van der Waals surface area contributed by atoms with Gasteiger partial charge in [0.15, 0.2) is 0 Å². The third-order valence-corrected chi connectivity index (χ3v) is 20.5. The van der Waals surface area contributed by atoms with Crippen LogP contribution in [0.1, 0.15) is 60.3 Å². The van der Waals surface area contributed by atoms with Gasteiger partial charge in [-0.3, -0.25) is 0 Å². The average molecular weight is 589 g/mol. The number of hydrogen-bond acceptors (Lipinski definition) is 0. The third kappa shape index (κ3) is 3.10. The van der Waals surface area contributed by atoms with Crippen molar-refractivity contribution >= 4 is 30.7 Å². The SMILES string of the molecule is CC1CCCC2=C(C(=[Si](C)C)C(C)(C(C)C)[C]2(C2=CC=CC2)[Hf]([Cl])[Cl])C1C. The molecule has 149 valence electrons. The zero-order chi connectivity index (χ0) is 20.1. The molecule has 0 nitrogen and oxygen atoms in total. The van der Waals surface area contributed by atoms with Crippen LogP contribution in [0.15, 0.2) is 34.9 Å². The molecule has 4 heteroatoms. The van der Waals surface area contributed by atoms with Gasteiger partial charge in [-0.2, -0.15) is 0 Å². The number of halogens is 2. The zero-order valence-corrected chi connectivity index (χ0v) is 24.2. The molecule has 27 heavy (non-hydrogen) atoms. The molecular weight excluding hydrogens is 554 g/mol. The van der Waals surface area contributed by atoms with E-state index < -0.39 is 27.5 Å². The van der Waals surface area contributed by atoms with E-state index in [1.807, 2.05) is 0 Å². The fraction of sp³-hybridized carbons (Fsp3) is 0.696. The van der Waals surface area contributed by atoms with Gasteiger partial charge in [0.05, 0.1) is 0 Å². The summed E-state index contributed by atoms with van der Waals surface area (Å²) in [6.07, 6.45) is 11.8. The quantitative estimate of drug-likeness (QED) is 0.294. The molecule has 3 aliphatic rings. The zero-order valence-electron chi connectivity index (χ0n) is 18.0. The van der Waals surface area contributed by atoms with Crippen molar-refractivity contribution in [3.63, 3.8) is 0 Å². The second kappa shape index (κ2) is 8.12. The molecular formula is C23H35Cl2HfSi. The molecule has 0 aromatic rings. The summed E-state index contributed by atoms with van der Waals surface area (Å²) in [5.74, 6) is 1.92. The Morgan fingerprint density at radius 3 is 2.37 bits per heavy atom. The second-order valence-corrected chi connectivity index (χ2v) is 24.5. The summed E-state index contributed by atoms with van der Waals surface area (Å²) in [6, 6.07) is 0. The monoisotopic (exact) mass is 589 g/mol. The Balaban J connectivity index is 2.44. The first-order valence-electron chi connectivity index (χ1n) is 10.6. The predicted molar refractivity (Wildman–Crippen MR) is 121 cm³/mol. The van der Waals surface area contributed by atoms with Gasteiger partial charge in [0, 0.05) is 0 Å². The topological polar surface area (TPSA) is 0 Å². The maximum atomic E-state index is 7.25. The van der Waals surface area contributed by atoms with Crippen molar-refractivity contribution in [1.29, 1.82) is 0 Å². The van der Waals surface area contributed by atoms with Gasteiger partial charge in [-0.1, -0.05) is 0 Å². The molecule has 0 amide bonds. The minimum absolute atomic E-state index is 0.0383. The fourth-order valence-corrected chi connectivity index (χ4v) is 22.4. The molecule has 3 rings (SSSR count). The molecule has 0 fully saturated rings. The summed E-state index contributed by atoms with van der Waals surface area (Å²) >= 11 is -2.94. The van der Waals surface area contributed by atoms with Crippen molar-refractivity contribution in [2.75, 3.05) is 0 Å². The maximum absolute atomic E-state index is 7.25. The van der Waals surface area contributed by atoms with Gasteiger partial charge < -0.3 is 0 Å². The van der Waals surface area contributed by atoms with Crippen LogP contribution >= 0.6 is 17.2 Å². The van der Waals surface area contributed by atoms with Crippen LogP contribution in [0.2, 0.25) is 16.3 Å². The van der Waals surface area contributed by atoms with Crippen molar-refractivity contribution in [3.8, 4) is 0 Å². The molecule has 0 aromatic heterocycles. The van der Waals surface area contributed by atoms with Crippen LogP contribution in [0.5, 0.6) is 0 Å².